The van der Waals surface area contributed by atoms with Crippen molar-refractivity contribution >= 4 is 37.5 Å². The summed E-state index contributed by atoms with van der Waals surface area (Å²) in [6.07, 6.45) is 5.09. The number of nitrogens with zero attached hydrogens (tertiary/aromatic N) is 1. The molecule has 2 heterocycles. The first-order valence-corrected chi connectivity index (χ1v) is 11.5. The molecule has 4 aromatic rings. The molecule has 0 bridgehead atoms. The molecule has 7 nitrogen and oxygen atoms in total. The van der Waals surface area contributed by atoms with E-state index in [1.807, 2.05) is 30.3 Å². The molecule has 1 amide bonds. The van der Waals surface area contributed by atoms with E-state index in [1.165, 1.54) is 35.6 Å². The Morgan fingerprint density at radius 1 is 1.13 bits per heavy atom. The highest BCUT2D eigenvalue weighted by Crippen LogP contribution is 2.31. The normalized spacial score (nSPS) is 11.3. The lowest BCUT2D eigenvalue weighted by Gasteiger charge is -2.07. The minimum Gasteiger partial charge on any atom is -0.457 e. The van der Waals surface area contributed by atoms with Crippen LogP contribution in [-0.4, -0.2) is 25.9 Å². The van der Waals surface area contributed by atoms with Crippen molar-refractivity contribution in [2.75, 3.05) is 6.54 Å². The van der Waals surface area contributed by atoms with Crippen molar-refractivity contribution in [3.05, 3.63) is 72.0 Å². The zero-order valence-corrected chi connectivity index (χ0v) is 17.8. The van der Waals surface area contributed by atoms with E-state index < -0.39 is 15.9 Å². The Morgan fingerprint density at radius 2 is 1.97 bits per heavy atom. The van der Waals surface area contributed by atoms with Crippen molar-refractivity contribution in [1.82, 2.24) is 15.0 Å². The van der Waals surface area contributed by atoms with Gasteiger partial charge in [0.25, 0.3) is 5.91 Å². The first-order valence-electron chi connectivity index (χ1n) is 9.22. The first kappa shape index (κ1) is 20.8. The Kier molecular flexibility index (Phi) is 5.86. The number of rotatable bonds is 7. The van der Waals surface area contributed by atoms with Gasteiger partial charge in [0.15, 0.2) is 10.8 Å². The van der Waals surface area contributed by atoms with Crippen LogP contribution in [0.15, 0.2) is 70.0 Å². The summed E-state index contributed by atoms with van der Waals surface area (Å²) in [6, 6.07) is 17.1. The number of aromatic nitrogens is 1. The number of sulfonamides is 1. The molecule has 0 saturated heterocycles. The fourth-order valence-corrected chi connectivity index (χ4v) is 4.77. The molecule has 2 aromatic heterocycles. The Bertz CT molecular complexity index is 1360. The molecule has 0 unspecified atom stereocenters. The lowest BCUT2D eigenvalue weighted by molar-refractivity contribution is 0.0948. The molecule has 0 radical (unpaired) electrons. The Balaban J connectivity index is 1.44. The summed E-state index contributed by atoms with van der Waals surface area (Å²) in [4.78, 5) is 17.0. The van der Waals surface area contributed by atoms with Crippen LogP contribution >= 0.6 is 11.3 Å². The molecule has 2 N–H and O–H groups in total. The van der Waals surface area contributed by atoms with E-state index in [0.29, 0.717) is 11.5 Å². The Labute approximate surface area is 183 Å². The SMILES string of the molecule is C#CCNS(=O)(=O)c1cccc(C(=O)NCc2ccc(-c3nc4ccccc4s3)o2)c1. The van der Waals surface area contributed by atoms with Crippen LogP contribution < -0.4 is 10.0 Å². The summed E-state index contributed by atoms with van der Waals surface area (Å²) in [6.45, 7) is 0.0181. The molecule has 31 heavy (non-hydrogen) atoms. The third-order valence-electron chi connectivity index (χ3n) is 4.36. The van der Waals surface area contributed by atoms with Gasteiger partial charge in [-0.05, 0) is 42.5 Å². The summed E-state index contributed by atoms with van der Waals surface area (Å²) in [7, 11) is -3.78. The van der Waals surface area contributed by atoms with Crippen molar-refractivity contribution in [2.45, 2.75) is 11.4 Å². The summed E-state index contributed by atoms with van der Waals surface area (Å²) in [5.41, 5.74) is 1.11. The minimum absolute atomic E-state index is 0.0356. The van der Waals surface area contributed by atoms with Gasteiger partial charge in [0, 0.05) is 5.56 Å². The van der Waals surface area contributed by atoms with Gasteiger partial charge in [-0.3, -0.25) is 4.79 Å². The molecule has 0 aliphatic carbocycles. The zero-order valence-electron chi connectivity index (χ0n) is 16.2. The van der Waals surface area contributed by atoms with Crippen molar-refractivity contribution in [3.8, 4) is 23.1 Å². The van der Waals surface area contributed by atoms with Gasteiger partial charge in [-0.15, -0.1) is 17.8 Å². The maximum atomic E-state index is 12.5. The molecule has 0 aliphatic heterocycles. The highest BCUT2D eigenvalue weighted by molar-refractivity contribution is 7.89. The van der Waals surface area contributed by atoms with Gasteiger partial charge in [-0.1, -0.05) is 24.1 Å². The smallest absolute Gasteiger partial charge is 0.251 e. The third-order valence-corrected chi connectivity index (χ3v) is 6.81. The fourth-order valence-electron chi connectivity index (χ4n) is 2.86. The second kappa shape index (κ2) is 8.73. The number of hydrogen-bond acceptors (Lipinski definition) is 6. The van der Waals surface area contributed by atoms with Crippen LogP contribution in [0, 0.1) is 12.3 Å². The molecule has 0 spiro atoms. The standard InChI is InChI=1S/C22H17N3O4S2/c1-2-12-24-31(27,28)17-7-5-6-15(13-17)21(26)23-14-16-10-11-19(29-16)22-25-18-8-3-4-9-20(18)30-22/h1,3-11,13,24H,12,14H2,(H,23,26). The summed E-state index contributed by atoms with van der Waals surface area (Å²) in [5, 5.41) is 3.49. The number of terminal acetylenes is 1. The molecule has 0 saturated carbocycles. The molecule has 0 atom stereocenters. The highest BCUT2D eigenvalue weighted by Gasteiger charge is 2.16. The number of fused-ring (bicyclic) bond motifs is 1. The average Bonchev–Trinajstić information content (AvgIpc) is 3.43. The molecular formula is C22H17N3O4S2. The minimum atomic E-state index is -3.78. The molecule has 4 rings (SSSR count). The molecule has 9 heteroatoms. The van der Waals surface area contributed by atoms with Gasteiger partial charge in [0.05, 0.1) is 28.2 Å². The van der Waals surface area contributed by atoms with Crippen LogP contribution in [0.4, 0.5) is 0 Å². The number of nitrogens with one attached hydrogen (secondary N) is 2. The van der Waals surface area contributed by atoms with Crippen LogP contribution in [-0.2, 0) is 16.6 Å². The van der Waals surface area contributed by atoms with Crippen molar-refractivity contribution in [1.29, 1.82) is 0 Å². The number of benzene rings is 2. The quantitative estimate of drug-likeness (QED) is 0.420. The Morgan fingerprint density at radius 3 is 2.77 bits per heavy atom. The van der Waals surface area contributed by atoms with Gasteiger partial charge in [-0.25, -0.2) is 13.4 Å². The maximum absolute atomic E-state index is 12.5. The number of para-hydroxylation sites is 1. The number of carbonyl (C=O) groups is 1. The van der Waals surface area contributed by atoms with Crippen LogP contribution in [0.5, 0.6) is 0 Å². The van der Waals surface area contributed by atoms with Crippen LogP contribution in [0.25, 0.3) is 21.0 Å². The number of thiazole rings is 1. The number of furan rings is 1. The Hall–Kier alpha value is -3.45. The topological polar surface area (TPSA) is 101 Å². The second-order valence-corrected chi connectivity index (χ2v) is 9.29. The lowest BCUT2D eigenvalue weighted by Crippen LogP contribution is -2.25. The molecule has 0 aliphatic rings. The van der Waals surface area contributed by atoms with E-state index in [1.54, 1.807) is 6.07 Å². The predicted molar refractivity (Wildman–Crippen MR) is 119 cm³/mol. The molecular weight excluding hydrogens is 434 g/mol. The second-order valence-electron chi connectivity index (χ2n) is 6.49. The van der Waals surface area contributed by atoms with Crippen LogP contribution in [0.2, 0.25) is 0 Å². The number of hydrogen-bond donors (Lipinski definition) is 2. The van der Waals surface area contributed by atoms with Crippen LogP contribution in [0.1, 0.15) is 16.1 Å². The largest absolute Gasteiger partial charge is 0.457 e. The van der Waals surface area contributed by atoms with E-state index in [2.05, 4.69) is 20.9 Å². The number of carbonyl (C=O) groups excluding carboxylic acids is 1. The molecule has 2 aromatic carbocycles. The van der Waals surface area contributed by atoms with Crippen LogP contribution in [0.3, 0.4) is 0 Å². The molecule has 0 fully saturated rings. The predicted octanol–water partition coefficient (Wildman–Crippen LogP) is 3.40. The zero-order chi connectivity index (χ0) is 21.8. The van der Waals surface area contributed by atoms with E-state index in [9.17, 15) is 13.2 Å². The van der Waals surface area contributed by atoms with Crippen molar-refractivity contribution in [2.24, 2.45) is 0 Å². The lowest BCUT2D eigenvalue weighted by atomic mass is 10.2. The third kappa shape index (κ3) is 4.67. The maximum Gasteiger partial charge on any atom is 0.251 e. The summed E-state index contributed by atoms with van der Waals surface area (Å²) < 4.78 is 33.5. The first-order chi connectivity index (χ1) is 15.0. The van der Waals surface area contributed by atoms with Gasteiger partial charge in [-0.2, -0.15) is 4.72 Å². The fraction of sp³-hybridized carbons (Fsp3) is 0.0909. The van der Waals surface area contributed by atoms with E-state index in [4.69, 9.17) is 10.8 Å². The van der Waals surface area contributed by atoms with Crippen molar-refractivity contribution in [3.63, 3.8) is 0 Å². The van der Waals surface area contributed by atoms with Crippen molar-refractivity contribution < 1.29 is 17.6 Å². The summed E-state index contributed by atoms with van der Waals surface area (Å²) >= 11 is 1.53. The summed E-state index contributed by atoms with van der Waals surface area (Å²) in [5.74, 6) is 2.96. The van der Waals surface area contributed by atoms with Gasteiger partial charge >= 0.3 is 0 Å². The van der Waals surface area contributed by atoms with E-state index in [0.717, 1.165) is 15.2 Å². The van der Waals surface area contributed by atoms with Gasteiger partial charge < -0.3 is 9.73 Å². The van der Waals surface area contributed by atoms with Gasteiger partial charge in [0.2, 0.25) is 10.0 Å². The monoisotopic (exact) mass is 451 g/mol. The van der Waals surface area contributed by atoms with Gasteiger partial charge in [0.1, 0.15) is 5.76 Å². The highest BCUT2D eigenvalue weighted by atomic mass is 32.2. The average molecular weight is 452 g/mol. The molecule has 156 valence electrons. The van der Waals surface area contributed by atoms with E-state index in [-0.39, 0.29) is 23.5 Å². The number of amides is 1. The van der Waals surface area contributed by atoms with E-state index >= 15 is 0 Å².